The number of para-hydroxylation sites is 1. The number of hydrogen-bond acceptors (Lipinski definition) is 3. The van der Waals surface area contributed by atoms with Gasteiger partial charge in [0.15, 0.2) is 5.43 Å². The first kappa shape index (κ1) is 14.3. The second kappa shape index (κ2) is 6.34. The number of aliphatic hydroxyl groups excluding tert-OH is 1. The molecule has 0 radical (unpaired) electrons. The van der Waals surface area contributed by atoms with Gasteiger partial charge in [0.25, 0.3) is 5.91 Å². The Kier molecular flexibility index (Phi) is 4.53. The van der Waals surface area contributed by atoms with Crippen molar-refractivity contribution >= 4 is 16.8 Å². The highest BCUT2D eigenvalue weighted by molar-refractivity contribution is 5.94. The first-order valence-electron chi connectivity index (χ1n) is 6.66. The van der Waals surface area contributed by atoms with E-state index in [1.807, 2.05) is 6.07 Å². The van der Waals surface area contributed by atoms with Gasteiger partial charge in [-0.1, -0.05) is 12.1 Å². The molecule has 0 aliphatic carbocycles. The van der Waals surface area contributed by atoms with Crippen LogP contribution in [-0.4, -0.2) is 28.6 Å². The summed E-state index contributed by atoms with van der Waals surface area (Å²) >= 11 is 0. The zero-order valence-corrected chi connectivity index (χ0v) is 11.3. The average molecular weight is 274 g/mol. The summed E-state index contributed by atoms with van der Waals surface area (Å²) in [4.78, 5) is 26.8. The lowest BCUT2D eigenvalue weighted by Crippen LogP contribution is -2.27. The molecular formula is C15H18N2O3. The van der Waals surface area contributed by atoms with Crippen LogP contribution < -0.4 is 10.7 Å². The van der Waals surface area contributed by atoms with Crippen molar-refractivity contribution in [3.63, 3.8) is 0 Å². The van der Waals surface area contributed by atoms with Crippen LogP contribution in [0.4, 0.5) is 0 Å². The summed E-state index contributed by atoms with van der Waals surface area (Å²) in [6, 6.07) is 8.39. The lowest BCUT2D eigenvalue weighted by atomic mass is 10.2. The highest BCUT2D eigenvalue weighted by Gasteiger charge is 2.08. The van der Waals surface area contributed by atoms with Gasteiger partial charge in [0.05, 0.1) is 6.10 Å². The molecule has 106 valence electrons. The van der Waals surface area contributed by atoms with E-state index in [4.69, 9.17) is 5.11 Å². The summed E-state index contributed by atoms with van der Waals surface area (Å²) in [6.45, 7) is 2.18. The van der Waals surface area contributed by atoms with Crippen molar-refractivity contribution in [2.24, 2.45) is 0 Å². The number of amides is 1. The Labute approximate surface area is 116 Å². The van der Waals surface area contributed by atoms with E-state index in [0.717, 1.165) is 0 Å². The van der Waals surface area contributed by atoms with Gasteiger partial charge in [0.2, 0.25) is 0 Å². The molecule has 2 rings (SSSR count). The molecule has 0 aliphatic heterocycles. The zero-order valence-electron chi connectivity index (χ0n) is 11.3. The Bertz CT molecular complexity index is 661. The van der Waals surface area contributed by atoms with Gasteiger partial charge in [0.1, 0.15) is 5.69 Å². The number of fused-ring (bicyclic) bond motifs is 1. The fourth-order valence-corrected chi connectivity index (χ4v) is 2.01. The van der Waals surface area contributed by atoms with E-state index >= 15 is 0 Å². The first-order valence-corrected chi connectivity index (χ1v) is 6.66. The second-order valence-electron chi connectivity index (χ2n) is 4.84. The molecule has 0 aliphatic rings. The number of carbonyl (C=O) groups is 1. The number of rotatable bonds is 5. The standard InChI is InChI=1S/C15H18N2O3/c1-10(18)5-4-8-16-15(20)13-9-14(19)11-6-2-3-7-12(11)17-13/h2-3,6-7,9-10,18H,4-5,8H2,1H3,(H,16,20)(H,17,19). The van der Waals surface area contributed by atoms with Crippen molar-refractivity contribution in [3.8, 4) is 0 Å². The molecule has 2 aromatic rings. The van der Waals surface area contributed by atoms with Crippen molar-refractivity contribution < 1.29 is 9.90 Å². The molecule has 5 heteroatoms. The molecule has 0 bridgehead atoms. The number of hydrogen-bond donors (Lipinski definition) is 3. The van der Waals surface area contributed by atoms with Gasteiger partial charge in [-0.05, 0) is 31.9 Å². The van der Waals surface area contributed by atoms with Gasteiger partial charge in [-0.2, -0.15) is 0 Å². The third kappa shape index (κ3) is 3.45. The van der Waals surface area contributed by atoms with Crippen LogP contribution in [0.1, 0.15) is 30.3 Å². The van der Waals surface area contributed by atoms with Crippen LogP contribution in [0, 0.1) is 0 Å². The van der Waals surface area contributed by atoms with Gasteiger partial charge in [-0.15, -0.1) is 0 Å². The average Bonchev–Trinajstić information content (AvgIpc) is 2.43. The number of H-pyrrole nitrogens is 1. The van der Waals surface area contributed by atoms with Gasteiger partial charge in [-0.25, -0.2) is 0 Å². The normalized spacial score (nSPS) is 12.3. The van der Waals surface area contributed by atoms with Crippen LogP contribution in [0.15, 0.2) is 35.1 Å². The Morgan fingerprint density at radius 2 is 2.15 bits per heavy atom. The van der Waals surface area contributed by atoms with Crippen LogP contribution in [0.25, 0.3) is 10.9 Å². The molecule has 5 nitrogen and oxygen atoms in total. The monoisotopic (exact) mass is 274 g/mol. The van der Waals surface area contributed by atoms with Gasteiger partial charge >= 0.3 is 0 Å². The minimum Gasteiger partial charge on any atom is -0.393 e. The number of aromatic nitrogens is 1. The van der Waals surface area contributed by atoms with Crippen molar-refractivity contribution in [1.82, 2.24) is 10.3 Å². The number of nitrogens with one attached hydrogen (secondary N) is 2. The molecule has 1 aromatic carbocycles. The van der Waals surface area contributed by atoms with Crippen LogP contribution in [0.3, 0.4) is 0 Å². The quantitative estimate of drug-likeness (QED) is 0.721. The van der Waals surface area contributed by atoms with E-state index in [1.165, 1.54) is 6.07 Å². The highest BCUT2D eigenvalue weighted by atomic mass is 16.3. The van der Waals surface area contributed by atoms with Crippen LogP contribution in [0.2, 0.25) is 0 Å². The maximum Gasteiger partial charge on any atom is 0.267 e. The van der Waals surface area contributed by atoms with E-state index in [1.54, 1.807) is 25.1 Å². The van der Waals surface area contributed by atoms with Gasteiger partial charge in [-0.3, -0.25) is 9.59 Å². The Morgan fingerprint density at radius 1 is 1.40 bits per heavy atom. The number of pyridine rings is 1. The molecule has 20 heavy (non-hydrogen) atoms. The molecule has 1 heterocycles. The zero-order chi connectivity index (χ0) is 14.5. The molecule has 1 amide bonds. The summed E-state index contributed by atoms with van der Waals surface area (Å²) in [7, 11) is 0. The van der Waals surface area contributed by atoms with Crippen molar-refractivity contribution in [3.05, 3.63) is 46.2 Å². The van der Waals surface area contributed by atoms with Crippen molar-refractivity contribution in [1.29, 1.82) is 0 Å². The maximum absolute atomic E-state index is 11.9. The first-order chi connectivity index (χ1) is 9.58. The van der Waals surface area contributed by atoms with Crippen LogP contribution in [-0.2, 0) is 0 Å². The summed E-state index contributed by atoms with van der Waals surface area (Å²) in [5, 5.41) is 12.4. The highest BCUT2D eigenvalue weighted by Crippen LogP contribution is 2.07. The molecule has 1 aromatic heterocycles. The Hall–Kier alpha value is -2.14. The third-order valence-corrected chi connectivity index (χ3v) is 3.07. The molecule has 0 fully saturated rings. The van der Waals surface area contributed by atoms with Crippen LogP contribution in [0.5, 0.6) is 0 Å². The van der Waals surface area contributed by atoms with Crippen molar-refractivity contribution in [2.45, 2.75) is 25.9 Å². The van der Waals surface area contributed by atoms with E-state index in [2.05, 4.69) is 10.3 Å². The maximum atomic E-state index is 11.9. The second-order valence-corrected chi connectivity index (χ2v) is 4.84. The summed E-state index contributed by atoms with van der Waals surface area (Å²) in [5.74, 6) is -0.307. The minimum atomic E-state index is -0.368. The SMILES string of the molecule is CC(O)CCCNC(=O)c1cc(=O)c2ccccc2[nH]1. The number of carbonyl (C=O) groups excluding carboxylic acids is 1. The Balaban J connectivity index is 2.09. The van der Waals surface area contributed by atoms with Gasteiger partial charge in [0, 0.05) is 23.5 Å². The van der Waals surface area contributed by atoms with E-state index < -0.39 is 0 Å². The van der Waals surface area contributed by atoms with Crippen molar-refractivity contribution in [2.75, 3.05) is 6.54 Å². The van der Waals surface area contributed by atoms with Gasteiger partial charge < -0.3 is 15.4 Å². The Morgan fingerprint density at radius 3 is 2.90 bits per heavy atom. The molecule has 3 N–H and O–H groups in total. The number of aromatic amines is 1. The molecule has 0 saturated carbocycles. The van der Waals surface area contributed by atoms with Crippen LogP contribution >= 0.6 is 0 Å². The molecule has 0 spiro atoms. The minimum absolute atomic E-state index is 0.173. The lowest BCUT2D eigenvalue weighted by Gasteiger charge is -2.07. The smallest absolute Gasteiger partial charge is 0.267 e. The number of aliphatic hydroxyl groups is 1. The lowest BCUT2D eigenvalue weighted by molar-refractivity contribution is 0.0945. The largest absolute Gasteiger partial charge is 0.393 e. The van der Waals surface area contributed by atoms with E-state index in [0.29, 0.717) is 30.3 Å². The molecule has 0 saturated heterocycles. The predicted molar refractivity (Wildman–Crippen MR) is 77.8 cm³/mol. The third-order valence-electron chi connectivity index (χ3n) is 3.07. The predicted octanol–water partition coefficient (Wildman–Crippen LogP) is 1.42. The summed E-state index contributed by atoms with van der Waals surface area (Å²) < 4.78 is 0. The molecule has 1 atom stereocenters. The fraction of sp³-hybridized carbons (Fsp3) is 0.333. The fourth-order valence-electron chi connectivity index (χ4n) is 2.01. The molecular weight excluding hydrogens is 256 g/mol. The van der Waals surface area contributed by atoms with E-state index in [-0.39, 0.29) is 23.1 Å². The number of benzene rings is 1. The topological polar surface area (TPSA) is 82.2 Å². The van der Waals surface area contributed by atoms with E-state index in [9.17, 15) is 9.59 Å². The molecule has 1 unspecified atom stereocenters. The summed E-state index contributed by atoms with van der Waals surface area (Å²) in [5.41, 5.74) is 0.730. The summed E-state index contributed by atoms with van der Waals surface area (Å²) in [6.07, 6.45) is 0.961.